The maximum Gasteiger partial charge on any atom is 0.0649 e. The van der Waals surface area contributed by atoms with Crippen molar-refractivity contribution in [2.24, 2.45) is 11.8 Å². The molecule has 0 aliphatic rings. The molecule has 0 aromatic rings. The van der Waals surface area contributed by atoms with Crippen LogP contribution < -0.4 is 12.3 Å². The van der Waals surface area contributed by atoms with Gasteiger partial charge in [-0.05, 0) is 34.6 Å². The van der Waals surface area contributed by atoms with Crippen molar-refractivity contribution in [1.29, 1.82) is 10.5 Å². The Balaban J connectivity index is -0.0000000322. The molecule has 0 heterocycles. The Morgan fingerprint density at radius 3 is 1.00 bits per heavy atom. The van der Waals surface area contributed by atoms with Crippen LogP contribution in [0, 0.1) is 34.5 Å². The van der Waals surface area contributed by atoms with Gasteiger partial charge in [-0.1, -0.05) is 6.08 Å². The first-order valence-corrected chi connectivity index (χ1v) is 4.32. The highest BCUT2D eigenvalue weighted by Crippen LogP contribution is 1.82. The van der Waals surface area contributed by atoms with E-state index >= 15 is 0 Å². The average Bonchev–Trinajstić information content (AvgIpc) is 2.07. The van der Waals surface area contributed by atoms with Gasteiger partial charge in [-0.3, -0.25) is 0 Å². The normalized spacial score (nSPS) is 5.93. The summed E-state index contributed by atoms with van der Waals surface area (Å²) in [4.78, 5) is 0. The number of hydrogen-bond donors (Lipinski definition) is 2. The molecule has 4 nitrogen and oxygen atoms in total. The van der Waals surface area contributed by atoms with Gasteiger partial charge in [-0.15, -0.1) is 6.58 Å². The first kappa shape index (κ1) is 29.2. The summed E-state index contributed by atoms with van der Waals surface area (Å²) in [6.07, 6.45) is 1.75. The van der Waals surface area contributed by atoms with Crippen LogP contribution in [0.15, 0.2) is 12.7 Å². The van der Waals surface area contributed by atoms with E-state index in [1.165, 1.54) is 0 Å². The van der Waals surface area contributed by atoms with Gasteiger partial charge in [0.25, 0.3) is 0 Å². The lowest BCUT2D eigenvalue weighted by Gasteiger charge is -1.75. The predicted octanol–water partition coefficient (Wildman–Crippen LogP) is 3.85. The molecule has 0 spiro atoms. The van der Waals surface area contributed by atoms with E-state index in [-0.39, 0.29) is 24.1 Å². The molecule has 0 rings (SSSR count). The van der Waals surface area contributed by atoms with Crippen molar-refractivity contribution in [2.45, 2.75) is 34.6 Å². The van der Waals surface area contributed by atoms with Crippen LogP contribution in [-0.2, 0) is 0 Å². The van der Waals surface area contributed by atoms with E-state index in [0.29, 0.717) is 0 Å². The van der Waals surface area contributed by atoms with Crippen molar-refractivity contribution >= 4 is 0 Å². The molecule has 0 aliphatic heterocycles. The number of nitrogens with zero attached hydrogens (tertiary/aromatic N) is 2. The Morgan fingerprint density at radius 2 is 1.00 bits per heavy atom. The topological polar surface area (TPSA) is 118 Å². The van der Waals surface area contributed by atoms with E-state index in [2.05, 4.69) is 6.58 Å². The van der Waals surface area contributed by atoms with Crippen LogP contribution in [0.4, 0.5) is 0 Å². The van der Waals surface area contributed by atoms with E-state index in [9.17, 15) is 0 Å². The molecule has 0 atom stereocenters. The summed E-state index contributed by atoms with van der Waals surface area (Å²) in [6.45, 7) is 12.7. The summed E-state index contributed by atoms with van der Waals surface area (Å²) < 4.78 is 0. The maximum absolute atomic E-state index is 7.89. The number of nitriles is 2. The molecule has 0 saturated heterocycles. The van der Waals surface area contributed by atoms with Crippen LogP contribution in [-0.4, -0.2) is 0 Å². The number of hydrogen-bond acceptors (Lipinski definition) is 4. The minimum absolute atomic E-state index is 0. The average molecular weight is 214 g/mol. The SMILES string of the molecule is C=CC.CC(C)C#N.CC(C)C#N.N.N. The summed E-state index contributed by atoms with van der Waals surface area (Å²) >= 11 is 0. The highest BCUT2D eigenvalue weighted by molar-refractivity contribution is 4.73. The van der Waals surface area contributed by atoms with E-state index in [1.807, 2.05) is 46.8 Å². The first-order chi connectivity index (χ1) is 5.95. The lowest BCUT2D eigenvalue weighted by molar-refractivity contribution is 0.849. The summed E-state index contributed by atoms with van der Waals surface area (Å²) in [5.41, 5.74) is 0. The van der Waals surface area contributed by atoms with Crippen LogP contribution in [0.5, 0.6) is 0 Å². The molecule has 0 amide bonds. The summed E-state index contributed by atoms with van der Waals surface area (Å²) in [6, 6.07) is 4.06. The van der Waals surface area contributed by atoms with Gasteiger partial charge in [0, 0.05) is 11.8 Å². The second-order valence-electron chi connectivity index (χ2n) is 2.98. The van der Waals surface area contributed by atoms with E-state index < -0.39 is 0 Å². The molecule has 0 aliphatic carbocycles. The van der Waals surface area contributed by atoms with Crippen LogP contribution in [0.3, 0.4) is 0 Å². The predicted molar refractivity (Wildman–Crippen MR) is 66.8 cm³/mol. The fourth-order valence-corrected chi connectivity index (χ4v) is 0. The molecule has 0 saturated carbocycles. The standard InChI is InChI=1S/2C4H7N.C3H6.2H3N/c2*1-4(2)3-5;1-3-2;;/h2*4H,1-2H3;3H,1H2,2H3;2*1H3. The third-order valence-electron chi connectivity index (χ3n) is 0.516. The third-order valence-corrected chi connectivity index (χ3v) is 0.516. The van der Waals surface area contributed by atoms with Crippen molar-refractivity contribution in [2.75, 3.05) is 0 Å². The minimum atomic E-state index is 0. The summed E-state index contributed by atoms with van der Waals surface area (Å²) in [5, 5.41) is 15.8. The smallest absolute Gasteiger partial charge is 0.0649 e. The van der Waals surface area contributed by atoms with Crippen molar-refractivity contribution in [1.82, 2.24) is 12.3 Å². The molecular formula is C11H26N4. The van der Waals surface area contributed by atoms with Gasteiger partial charge < -0.3 is 12.3 Å². The molecule has 0 fully saturated rings. The molecule has 15 heavy (non-hydrogen) atoms. The first-order valence-electron chi connectivity index (χ1n) is 4.32. The van der Waals surface area contributed by atoms with Crippen molar-refractivity contribution in [3.8, 4) is 12.1 Å². The molecular weight excluding hydrogens is 188 g/mol. The maximum atomic E-state index is 7.89. The molecule has 90 valence electrons. The van der Waals surface area contributed by atoms with Crippen molar-refractivity contribution in [3.05, 3.63) is 12.7 Å². The highest BCUT2D eigenvalue weighted by Gasteiger charge is 1.79. The van der Waals surface area contributed by atoms with Crippen molar-refractivity contribution < 1.29 is 0 Å². The molecule has 4 heteroatoms. The zero-order chi connectivity index (χ0) is 11.3. The van der Waals surface area contributed by atoms with Gasteiger partial charge in [0.15, 0.2) is 0 Å². The summed E-state index contributed by atoms with van der Waals surface area (Å²) in [5.74, 6) is 0.380. The lowest BCUT2D eigenvalue weighted by atomic mass is 10.3. The van der Waals surface area contributed by atoms with Gasteiger partial charge in [-0.25, -0.2) is 0 Å². The highest BCUT2D eigenvalue weighted by atomic mass is 14.2. The minimum Gasteiger partial charge on any atom is -0.344 e. The second-order valence-corrected chi connectivity index (χ2v) is 2.98. The Morgan fingerprint density at radius 1 is 0.933 bits per heavy atom. The molecule has 0 bridgehead atoms. The van der Waals surface area contributed by atoms with Crippen LogP contribution in [0.25, 0.3) is 0 Å². The Bertz CT molecular complexity index is 154. The Kier molecular flexibility index (Phi) is 57.1. The zero-order valence-corrected chi connectivity index (χ0v) is 10.7. The number of allylic oxidation sites excluding steroid dienone is 1. The largest absolute Gasteiger partial charge is 0.344 e. The third kappa shape index (κ3) is 205. The Labute approximate surface area is 94.8 Å². The Hall–Kier alpha value is -1.36. The molecule has 0 unspecified atom stereocenters. The van der Waals surface area contributed by atoms with Crippen LogP contribution in [0.2, 0.25) is 0 Å². The van der Waals surface area contributed by atoms with Gasteiger partial charge in [0.2, 0.25) is 0 Å². The van der Waals surface area contributed by atoms with Gasteiger partial charge in [0.05, 0.1) is 12.1 Å². The quantitative estimate of drug-likeness (QED) is 0.595. The van der Waals surface area contributed by atoms with Gasteiger partial charge in [-0.2, -0.15) is 10.5 Å². The van der Waals surface area contributed by atoms with Crippen LogP contribution >= 0.6 is 0 Å². The zero-order valence-electron chi connectivity index (χ0n) is 10.7. The van der Waals surface area contributed by atoms with Gasteiger partial charge >= 0.3 is 0 Å². The summed E-state index contributed by atoms with van der Waals surface area (Å²) in [7, 11) is 0. The monoisotopic (exact) mass is 214 g/mol. The fraction of sp³-hybridized carbons (Fsp3) is 0.636. The van der Waals surface area contributed by atoms with Gasteiger partial charge in [0.1, 0.15) is 0 Å². The molecule has 0 aromatic heterocycles. The number of rotatable bonds is 0. The van der Waals surface area contributed by atoms with E-state index in [4.69, 9.17) is 10.5 Å². The molecule has 6 N–H and O–H groups in total. The van der Waals surface area contributed by atoms with E-state index in [0.717, 1.165) is 0 Å². The lowest BCUT2D eigenvalue weighted by Crippen LogP contribution is -1.72. The fourth-order valence-electron chi connectivity index (χ4n) is 0. The second kappa shape index (κ2) is 29.3. The molecule has 0 aromatic carbocycles. The van der Waals surface area contributed by atoms with E-state index in [1.54, 1.807) is 6.08 Å². The molecule has 0 radical (unpaired) electrons. The van der Waals surface area contributed by atoms with Crippen molar-refractivity contribution in [3.63, 3.8) is 0 Å². The van der Waals surface area contributed by atoms with Crippen LogP contribution in [0.1, 0.15) is 34.6 Å².